The van der Waals surface area contributed by atoms with Gasteiger partial charge in [0.05, 0.1) is 0 Å². The monoisotopic (exact) mass is 252 g/mol. The molecule has 0 N–H and O–H groups in total. The van der Waals surface area contributed by atoms with Crippen molar-refractivity contribution in [3.05, 3.63) is 0 Å². The van der Waals surface area contributed by atoms with Crippen molar-refractivity contribution in [2.75, 3.05) is 0 Å². The summed E-state index contributed by atoms with van der Waals surface area (Å²) < 4.78 is 0. The summed E-state index contributed by atoms with van der Waals surface area (Å²) in [6, 6.07) is 0. The summed E-state index contributed by atoms with van der Waals surface area (Å²) in [7, 11) is 0. The van der Waals surface area contributed by atoms with Crippen LogP contribution >= 0.6 is 0 Å². The van der Waals surface area contributed by atoms with Crippen LogP contribution < -0.4 is 0 Å². The van der Waals surface area contributed by atoms with Crippen LogP contribution in [0.2, 0.25) is 0 Å². The van der Waals surface area contributed by atoms with Crippen LogP contribution in [0.15, 0.2) is 0 Å². The van der Waals surface area contributed by atoms with E-state index >= 15 is 0 Å². The minimum Gasteiger partial charge on any atom is -0.297 e. The molecule has 3 rings (SSSR count). The second kappa shape index (κ2) is 3.42. The molecule has 18 heavy (non-hydrogen) atoms. The van der Waals surface area contributed by atoms with E-state index in [4.69, 9.17) is 9.78 Å². The molecule has 2 aliphatic carbocycles. The highest BCUT2D eigenvalue weighted by molar-refractivity contribution is 5.91. The van der Waals surface area contributed by atoms with Gasteiger partial charge in [0.15, 0.2) is 23.3 Å². The molecule has 4 nitrogen and oxygen atoms in total. The lowest BCUT2D eigenvalue weighted by Crippen LogP contribution is -2.69. The predicted molar refractivity (Wildman–Crippen MR) is 63.7 cm³/mol. The van der Waals surface area contributed by atoms with E-state index in [0.29, 0.717) is 19.3 Å². The maximum atomic E-state index is 12.3. The lowest BCUT2D eigenvalue weighted by molar-refractivity contribution is -0.435. The average Bonchev–Trinajstić information content (AvgIpc) is 2.33. The molecule has 0 aromatic rings. The number of Topliss-reactive ketones (excluding diaryl/α,β-unsaturated/α-hetero) is 2. The zero-order chi connectivity index (χ0) is 13.2. The summed E-state index contributed by atoms with van der Waals surface area (Å²) >= 11 is 0. The fourth-order valence-corrected chi connectivity index (χ4v) is 4.26. The largest absolute Gasteiger partial charge is 0.297 e. The van der Waals surface area contributed by atoms with E-state index in [1.807, 2.05) is 6.92 Å². The Morgan fingerprint density at radius 3 is 2.56 bits per heavy atom. The highest BCUT2D eigenvalue weighted by Crippen LogP contribution is 2.64. The topological polar surface area (TPSA) is 52.6 Å². The average molecular weight is 252 g/mol. The number of fused-ring (bicyclic) bond motifs is 1. The van der Waals surface area contributed by atoms with Gasteiger partial charge in [0.2, 0.25) is 0 Å². The summed E-state index contributed by atoms with van der Waals surface area (Å²) in [6.07, 6.45) is 2.79. The van der Waals surface area contributed by atoms with Crippen LogP contribution in [0.5, 0.6) is 0 Å². The van der Waals surface area contributed by atoms with Crippen molar-refractivity contribution in [3.63, 3.8) is 0 Å². The number of rotatable bonds is 0. The van der Waals surface area contributed by atoms with E-state index in [0.717, 1.165) is 12.8 Å². The first-order valence-electron chi connectivity index (χ1n) is 6.73. The Labute approximate surface area is 107 Å². The van der Waals surface area contributed by atoms with Gasteiger partial charge < -0.3 is 0 Å². The van der Waals surface area contributed by atoms with E-state index in [1.165, 1.54) is 0 Å². The maximum absolute atomic E-state index is 12.3. The molecule has 2 saturated carbocycles. The zero-order valence-electron chi connectivity index (χ0n) is 11.2. The lowest BCUT2D eigenvalue weighted by atomic mass is 9.45. The van der Waals surface area contributed by atoms with Crippen LogP contribution in [0.1, 0.15) is 52.9 Å². The Bertz CT molecular complexity index is 428. The Balaban J connectivity index is 2.11. The molecule has 0 amide bonds. The molecular weight excluding hydrogens is 232 g/mol. The molecule has 0 unspecified atom stereocenters. The maximum Gasteiger partial charge on any atom is 0.168 e. The van der Waals surface area contributed by atoms with Gasteiger partial charge in [0.25, 0.3) is 0 Å². The minimum absolute atomic E-state index is 0.00160. The second-order valence-corrected chi connectivity index (χ2v) is 6.76. The summed E-state index contributed by atoms with van der Waals surface area (Å²) in [5.74, 6) is 0.228. The van der Waals surface area contributed by atoms with E-state index in [1.54, 1.807) is 0 Å². The van der Waals surface area contributed by atoms with Crippen LogP contribution in [-0.4, -0.2) is 23.3 Å². The molecule has 0 radical (unpaired) electrons. The molecule has 1 saturated heterocycles. The third kappa shape index (κ3) is 1.23. The third-order valence-corrected chi connectivity index (χ3v) is 5.74. The van der Waals surface area contributed by atoms with Gasteiger partial charge in [0, 0.05) is 18.3 Å². The number of carbonyl (C=O) groups excluding carboxylic acids is 2. The molecule has 0 aromatic carbocycles. The van der Waals surface area contributed by atoms with Crippen molar-refractivity contribution in [1.82, 2.24) is 0 Å². The third-order valence-electron chi connectivity index (χ3n) is 5.74. The van der Waals surface area contributed by atoms with Crippen LogP contribution in [-0.2, 0) is 19.4 Å². The van der Waals surface area contributed by atoms with Gasteiger partial charge in [-0.1, -0.05) is 13.8 Å². The Morgan fingerprint density at radius 1 is 1.11 bits per heavy atom. The van der Waals surface area contributed by atoms with E-state index in [2.05, 4.69) is 13.8 Å². The van der Waals surface area contributed by atoms with E-state index in [9.17, 15) is 9.59 Å². The normalized spacial score (nSPS) is 46.7. The molecule has 0 aromatic heterocycles. The van der Waals surface area contributed by atoms with Crippen LogP contribution in [0.4, 0.5) is 0 Å². The van der Waals surface area contributed by atoms with Crippen molar-refractivity contribution in [2.24, 2.45) is 10.8 Å². The highest BCUT2D eigenvalue weighted by atomic mass is 17.2. The molecule has 1 aliphatic heterocycles. The van der Waals surface area contributed by atoms with Gasteiger partial charge in [-0.15, -0.1) is 0 Å². The molecule has 4 heteroatoms. The number of hydrogen-bond acceptors (Lipinski definition) is 4. The van der Waals surface area contributed by atoms with Gasteiger partial charge in [-0.05, 0) is 31.6 Å². The van der Waals surface area contributed by atoms with Crippen molar-refractivity contribution >= 4 is 11.6 Å². The first-order valence-corrected chi connectivity index (χ1v) is 6.73. The van der Waals surface area contributed by atoms with Gasteiger partial charge >= 0.3 is 0 Å². The second-order valence-electron chi connectivity index (χ2n) is 6.76. The first-order chi connectivity index (χ1) is 8.32. The molecular formula is C14H20O4. The van der Waals surface area contributed by atoms with Gasteiger partial charge in [-0.25, -0.2) is 9.78 Å². The molecule has 3 fully saturated rings. The predicted octanol–water partition coefficient (Wildman–Crippen LogP) is 2.20. The van der Waals surface area contributed by atoms with Crippen LogP contribution in [0, 0.1) is 10.8 Å². The van der Waals surface area contributed by atoms with Gasteiger partial charge in [-0.2, -0.15) is 0 Å². The van der Waals surface area contributed by atoms with E-state index < -0.39 is 11.7 Å². The van der Waals surface area contributed by atoms with Gasteiger partial charge in [0.1, 0.15) is 0 Å². The van der Waals surface area contributed by atoms with Crippen molar-refractivity contribution in [3.8, 4) is 0 Å². The molecule has 3 atom stereocenters. The standard InChI is InChI=1S/C14H20O4/c1-12(2)6-5-11(16)13(3)14(12)7-4-9(15)10(8-14)17-18-13/h10H,4-8H2,1-3H3/t10-,13-,14+/m1/s1. The molecule has 1 heterocycles. The van der Waals surface area contributed by atoms with Crippen molar-refractivity contribution in [1.29, 1.82) is 0 Å². The SMILES string of the molecule is CC1(C)CCC(=O)[C@@]2(C)OO[C@@H]3C[C@@]12CCC3=O. The highest BCUT2D eigenvalue weighted by Gasteiger charge is 2.68. The summed E-state index contributed by atoms with van der Waals surface area (Å²) in [4.78, 5) is 34.8. The molecule has 1 spiro atoms. The fraction of sp³-hybridized carbons (Fsp3) is 0.857. The number of carbonyl (C=O) groups is 2. The zero-order valence-corrected chi connectivity index (χ0v) is 11.2. The number of hydrogen-bond donors (Lipinski definition) is 0. The summed E-state index contributed by atoms with van der Waals surface area (Å²) in [6.45, 7) is 6.24. The molecule has 100 valence electrons. The van der Waals surface area contributed by atoms with E-state index in [-0.39, 0.29) is 22.4 Å². The molecule has 2 bridgehead atoms. The van der Waals surface area contributed by atoms with Crippen LogP contribution in [0.3, 0.4) is 0 Å². The fourth-order valence-electron chi connectivity index (χ4n) is 4.26. The van der Waals surface area contributed by atoms with Crippen molar-refractivity contribution in [2.45, 2.75) is 64.6 Å². The molecule has 3 aliphatic rings. The smallest absolute Gasteiger partial charge is 0.168 e. The quantitative estimate of drug-likeness (QED) is 0.620. The van der Waals surface area contributed by atoms with Crippen molar-refractivity contribution < 1.29 is 19.4 Å². The summed E-state index contributed by atoms with van der Waals surface area (Å²) in [5.41, 5.74) is -1.14. The lowest BCUT2D eigenvalue weighted by Gasteiger charge is -2.62. The summed E-state index contributed by atoms with van der Waals surface area (Å²) in [5, 5.41) is 0. The van der Waals surface area contributed by atoms with Crippen LogP contribution in [0.25, 0.3) is 0 Å². The Hall–Kier alpha value is -0.740. The Morgan fingerprint density at radius 2 is 1.83 bits per heavy atom. The first kappa shape index (κ1) is 12.3. The Kier molecular flexibility index (Phi) is 2.34. The van der Waals surface area contributed by atoms with Gasteiger partial charge in [-0.3, -0.25) is 9.59 Å². The minimum atomic E-state index is -0.883. The number of ketones is 2.